The summed E-state index contributed by atoms with van der Waals surface area (Å²) >= 11 is 0. The molecule has 15 heavy (non-hydrogen) atoms. The number of hydrogen-bond donors (Lipinski definition) is 1. The summed E-state index contributed by atoms with van der Waals surface area (Å²) in [5, 5.41) is 0. The summed E-state index contributed by atoms with van der Waals surface area (Å²) in [6.07, 6.45) is 0. The Hall–Kier alpha value is -1.15. The molecule has 0 fully saturated rings. The van der Waals surface area contributed by atoms with Crippen LogP contribution in [0.1, 0.15) is 35.3 Å². The zero-order valence-electron chi connectivity index (χ0n) is 9.87. The van der Waals surface area contributed by atoms with Crippen LogP contribution < -0.4 is 5.73 Å². The van der Waals surface area contributed by atoms with Crippen molar-refractivity contribution >= 4 is 5.78 Å². The Morgan fingerprint density at radius 3 is 2.27 bits per heavy atom. The molecule has 0 saturated carbocycles. The molecule has 0 spiro atoms. The van der Waals surface area contributed by atoms with Gasteiger partial charge >= 0.3 is 0 Å². The number of aryl methyl sites for hydroxylation is 2. The van der Waals surface area contributed by atoms with E-state index < -0.39 is 0 Å². The van der Waals surface area contributed by atoms with Crippen molar-refractivity contribution in [1.29, 1.82) is 0 Å². The van der Waals surface area contributed by atoms with Gasteiger partial charge in [0.05, 0.1) is 0 Å². The first-order valence-electron chi connectivity index (χ1n) is 5.30. The molecule has 1 aromatic rings. The van der Waals surface area contributed by atoms with Crippen molar-refractivity contribution < 1.29 is 4.79 Å². The third-order valence-corrected chi connectivity index (χ3v) is 2.99. The fourth-order valence-electron chi connectivity index (χ4n) is 1.40. The van der Waals surface area contributed by atoms with Gasteiger partial charge in [-0.1, -0.05) is 19.1 Å². The average Bonchev–Trinajstić information content (AvgIpc) is 2.19. The molecule has 2 N–H and O–H groups in total. The molecule has 2 nitrogen and oxygen atoms in total. The average molecular weight is 205 g/mol. The van der Waals surface area contributed by atoms with Gasteiger partial charge in [-0.3, -0.25) is 4.79 Å². The summed E-state index contributed by atoms with van der Waals surface area (Å²) in [6, 6.07) is 5.70. The maximum Gasteiger partial charge on any atom is 0.167 e. The second-order valence-electron chi connectivity index (χ2n) is 4.31. The van der Waals surface area contributed by atoms with E-state index >= 15 is 0 Å². The molecule has 2 atom stereocenters. The highest BCUT2D eigenvalue weighted by molar-refractivity contribution is 5.98. The molecular formula is C13H19NO. The zero-order valence-corrected chi connectivity index (χ0v) is 9.87. The smallest absolute Gasteiger partial charge is 0.167 e. The van der Waals surface area contributed by atoms with Crippen LogP contribution in [0.15, 0.2) is 18.2 Å². The normalized spacial score (nSPS) is 14.7. The molecule has 1 aromatic carbocycles. The lowest BCUT2D eigenvalue weighted by atomic mass is 9.92. The molecule has 0 aliphatic carbocycles. The van der Waals surface area contributed by atoms with E-state index in [1.165, 1.54) is 5.56 Å². The molecule has 0 aliphatic rings. The lowest BCUT2D eigenvalue weighted by Crippen LogP contribution is -2.30. The Morgan fingerprint density at radius 2 is 1.80 bits per heavy atom. The van der Waals surface area contributed by atoms with Crippen LogP contribution >= 0.6 is 0 Å². The molecule has 1 rings (SSSR count). The zero-order chi connectivity index (χ0) is 11.6. The van der Waals surface area contributed by atoms with Crippen molar-refractivity contribution in [2.45, 2.75) is 33.7 Å². The van der Waals surface area contributed by atoms with Crippen molar-refractivity contribution in [1.82, 2.24) is 0 Å². The Kier molecular flexibility index (Phi) is 3.64. The number of carbonyl (C=O) groups excluding carboxylic acids is 1. The van der Waals surface area contributed by atoms with Gasteiger partial charge in [0.1, 0.15) is 0 Å². The summed E-state index contributed by atoms with van der Waals surface area (Å²) in [5.41, 5.74) is 8.85. The predicted molar refractivity (Wildman–Crippen MR) is 63.1 cm³/mol. The van der Waals surface area contributed by atoms with Gasteiger partial charge in [0.15, 0.2) is 5.78 Å². The maximum atomic E-state index is 12.0. The SMILES string of the molecule is Cc1ccc(C(=O)C(C)C(C)N)cc1C. The molecule has 0 radical (unpaired) electrons. The summed E-state index contributed by atoms with van der Waals surface area (Å²) < 4.78 is 0. The minimum Gasteiger partial charge on any atom is -0.327 e. The number of nitrogens with two attached hydrogens (primary N) is 1. The quantitative estimate of drug-likeness (QED) is 0.770. The standard InChI is InChI=1S/C13H19NO/c1-8-5-6-12(7-9(8)2)13(15)10(3)11(4)14/h5-7,10-11H,14H2,1-4H3. The molecule has 0 aromatic heterocycles. The van der Waals surface area contributed by atoms with Gasteiger partial charge in [0, 0.05) is 17.5 Å². The van der Waals surface area contributed by atoms with Crippen molar-refractivity contribution in [2.24, 2.45) is 11.7 Å². The number of ketones is 1. The fraction of sp³-hybridized carbons (Fsp3) is 0.462. The minimum atomic E-state index is -0.118. The second kappa shape index (κ2) is 4.58. The lowest BCUT2D eigenvalue weighted by molar-refractivity contribution is 0.0917. The highest BCUT2D eigenvalue weighted by Gasteiger charge is 2.18. The first-order valence-corrected chi connectivity index (χ1v) is 5.30. The largest absolute Gasteiger partial charge is 0.327 e. The molecule has 0 aliphatic heterocycles. The Morgan fingerprint density at radius 1 is 1.20 bits per heavy atom. The molecular weight excluding hydrogens is 186 g/mol. The lowest BCUT2D eigenvalue weighted by Gasteiger charge is -2.14. The monoisotopic (exact) mass is 205 g/mol. The van der Waals surface area contributed by atoms with E-state index in [9.17, 15) is 4.79 Å². The van der Waals surface area contributed by atoms with E-state index in [0.29, 0.717) is 0 Å². The van der Waals surface area contributed by atoms with E-state index in [4.69, 9.17) is 5.73 Å². The van der Waals surface area contributed by atoms with Crippen LogP contribution in [0.5, 0.6) is 0 Å². The van der Waals surface area contributed by atoms with E-state index in [1.807, 2.05) is 45.9 Å². The third kappa shape index (κ3) is 2.66. The van der Waals surface area contributed by atoms with Crippen LogP contribution in [0.4, 0.5) is 0 Å². The molecule has 2 heteroatoms. The second-order valence-corrected chi connectivity index (χ2v) is 4.31. The molecule has 0 saturated heterocycles. The van der Waals surface area contributed by atoms with E-state index in [-0.39, 0.29) is 17.7 Å². The first kappa shape index (κ1) is 11.9. The fourth-order valence-corrected chi connectivity index (χ4v) is 1.40. The Balaban J connectivity index is 2.97. The number of Topliss-reactive ketones (excluding diaryl/α,β-unsaturated/α-hetero) is 1. The van der Waals surface area contributed by atoms with E-state index in [0.717, 1.165) is 11.1 Å². The number of rotatable bonds is 3. The molecule has 0 bridgehead atoms. The van der Waals surface area contributed by atoms with E-state index in [1.54, 1.807) is 0 Å². The molecule has 2 unspecified atom stereocenters. The van der Waals surface area contributed by atoms with Gasteiger partial charge in [0.2, 0.25) is 0 Å². The third-order valence-electron chi connectivity index (χ3n) is 2.99. The van der Waals surface area contributed by atoms with Gasteiger partial charge in [-0.25, -0.2) is 0 Å². The summed E-state index contributed by atoms with van der Waals surface area (Å²) in [5.74, 6) is 0.0141. The van der Waals surface area contributed by atoms with Crippen LogP contribution in [0.25, 0.3) is 0 Å². The predicted octanol–water partition coefficient (Wildman–Crippen LogP) is 2.47. The van der Waals surface area contributed by atoms with Crippen molar-refractivity contribution in [2.75, 3.05) is 0 Å². The first-order chi connectivity index (χ1) is 6.93. The highest BCUT2D eigenvalue weighted by Crippen LogP contribution is 2.15. The van der Waals surface area contributed by atoms with Gasteiger partial charge in [-0.15, -0.1) is 0 Å². The number of benzene rings is 1. The van der Waals surface area contributed by atoms with Gasteiger partial charge in [0.25, 0.3) is 0 Å². The van der Waals surface area contributed by atoms with Crippen LogP contribution in [0, 0.1) is 19.8 Å². The van der Waals surface area contributed by atoms with Gasteiger partial charge in [-0.05, 0) is 38.0 Å². The number of carbonyl (C=O) groups is 1. The van der Waals surface area contributed by atoms with Gasteiger partial charge < -0.3 is 5.73 Å². The van der Waals surface area contributed by atoms with Crippen molar-refractivity contribution in [3.63, 3.8) is 0 Å². The Bertz CT molecular complexity index is 369. The van der Waals surface area contributed by atoms with Crippen LogP contribution in [-0.4, -0.2) is 11.8 Å². The summed E-state index contributed by atoms with van der Waals surface area (Å²) in [7, 11) is 0. The molecule has 0 heterocycles. The summed E-state index contributed by atoms with van der Waals surface area (Å²) in [4.78, 5) is 12.0. The molecule has 0 amide bonds. The van der Waals surface area contributed by atoms with Crippen LogP contribution in [-0.2, 0) is 0 Å². The topological polar surface area (TPSA) is 43.1 Å². The van der Waals surface area contributed by atoms with Crippen LogP contribution in [0.3, 0.4) is 0 Å². The Labute approximate surface area is 91.5 Å². The number of hydrogen-bond acceptors (Lipinski definition) is 2. The molecule has 82 valence electrons. The van der Waals surface area contributed by atoms with Crippen LogP contribution in [0.2, 0.25) is 0 Å². The van der Waals surface area contributed by atoms with Crippen molar-refractivity contribution in [3.05, 3.63) is 34.9 Å². The van der Waals surface area contributed by atoms with Crippen molar-refractivity contribution in [3.8, 4) is 0 Å². The van der Waals surface area contributed by atoms with Gasteiger partial charge in [-0.2, -0.15) is 0 Å². The maximum absolute atomic E-state index is 12.0. The van der Waals surface area contributed by atoms with E-state index in [2.05, 4.69) is 0 Å². The minimum absolute atomic E-state index is 0.0980. The highest BCUT2D eigenvalue weighted by atomic mass is 16.1. The summed E-state index contributed by atoms with van der Waals surface area (Å²) in [6.45, 7) is 7.80.